The quantitative estimate of drug-likeness (QED) is 0.847. The van der Waals surface area contributed by atoms with Crippen LogP contribution in [0.3, 0.4) is 0 Å². The molecule has 0 atom stereocenters. The van der Waals surface area contributed by atoms with Gasteiger partial charge in [0.25, 0.3) is 0 Å². The summed E-state index contributed by atoms with van der Waals surface area (Å²) in [6.45, 7) is 2.31. The summed E-state index contributed by atoms with van der Waals surface area (Å²) in [4.78, 5) is 4.33. The largest absolute Gasteiger partial charge is 0.487 e. The highest BCUT2D eigenvalue weighted by atomic mass is 35.5. The van der Waals surface area contributed by atoms with E-state index in [2.05, 4.69) is 4.98 Å². The lowest BCUT2D eigenvalue weighted by atomic mass is 10.2. The van der Waals surface area contributed by atoms with Gasteiger partial charge in [0.1, 0.15) is 18.4 Å². The average molecular weight is 259 g/mol. The van der Waals surface area contributed by atoms with E-state index in [1.54, 1.807) is 18.2 Å². The predicted molar refractivity (Wildman–Crippen MR) is 69.5 cm³/mol. The van der Waals surface area contributed by atoms with Crippen molar-refractivity contribution in [1.82, 2.24) is 4.98 Å². The first kappa shape index (κ1) is 12.4. The number of aryl methyl sites for hydroxylation is 1. The highest BCUT2D eigenvalue weighted by Crippen LogP contribution is 2.22. The molecule has 0 aliphatic heterocycles. The summed E-state index contributed by atoms with van der Waals surface area (Å²) < 4.78 is 5.57. The van der Waals surface area contributed by atoms with Crippen LogP contribution >= 0.6 is 11.6 Å². The molecule has 18 heavy (non-hydrogen) atoms. The zero-order valence-electron chi connectivity index (χ0n) is 9.85. The lowest BCUT2D eigenvalue weighted by Crippen LogP contribution is -1.99. The van der Waals surface area contributed by atoms with Crippen LogP contribution in [0.1, 0.15) is 17.0 Å². The van der Waals surface area contributed by atoms with Gasteiger partial charge in [0.05, 0.1) is 16.3 Å². The molecular formula is C14H11ClN2O. The van der Waals surface area contributed by atoms with Crippen LogP contribution in [0, 0.1) is 18.3 Å². The van der Waals surface area contributed by atoms with Crippen molar-refractivity contribution < 1.29 is 4.74 Å². The Hall–Kier alpha value is -2.05. The highest BCUT2D eigenvalue weighted by Gasteiger charge is 2.02. The third-order valence-electron chi connectivity index (χ3n) is 2.39. The number of benzene rings is 1. The van der Waals surface area contributed by atoms with Crippen molar-refractivity contribution in [2.24, 2.45) is 0 Å². The van der Waals surface area contributed by atoms with E-state index >= 15 is 0 Å². The van der Waals surface area contributed by atoms with Gasteiger partial charge >= 0.3 is 0 Å². The second-order valence-electron chi connectivity index (χ2n) is 3.81. The molecule has 3 nitrogen and oxygen atoms in total. The summed E-state index contributed by atoms with van der Waals surface area (Å²) in [5.74, 6) is 0.627. The fraction of sp³-hybridized carbons (Fsp3) is 0.143. The zero-order valence-corrected chi connectivity index (χ0v) is 10.6. The van der Waals surface area contributed by atoms with Crippen molar-refractivity contribution in [1.29, 1.82) is 5.26 Å². The van der Waals surface area contributed by atoms with Gasteiger partial charge in [-0.15, -0.1) is 0 Å². The van der Waals surface area contributed by atoms with Crippen molar-refractivity contribution in [2.75, 3.05) is 0 Å². The van der Waals surface area contributed by atoms with E-state index in [0.717, 1.165) is 11.4 Å². The van der Waals surface area contributed by atoms with Crippen molar-refractivity contribution >= 4 is 11.6 Å². The fourth-order valence-electron chi connectivity index (χ4n) is 1.51. The molecule has 0 aliphatic rings. The molecule has 1 aromatic carbocycles. The molecule has 0 spiro atoms. The SMILES string of the molecule is Cc1cccc(COc2ccc(C#N)c(Cl)c2)n1. The molecule has 0 saturated carbocycles. The Morgan fingerprint density at radius 2 is 2.17 bits per heavy atom. The Balaban J connectivity index is 2.07. The molecule has 1 heterocycles. The van der Waals surface area contributed by atoms with Gasteiger partial charge in [-0.3, -0.25) is 4.98 Å². The Kier molecular flexibility index (Phi) is 3.81. The normalized spacial score (nSPS) is 9.83. The molecule has 0 aliphatic carbocycles. The first-order valence-electron chi connectivity index (χ1n) is 5.44. The number of aromatic nitrogens is 1. The van der Waals surface area contributed by atoms with Crippen LogP contribution in [-0.4, -0.2) is 4.98 Å². The van der Waals surface area contributed by atoms with Crippen LogP contribution in [0.15, 0.2) is 36.4 Å². The van der Waals surface area contributed by atoms with Gasteiger partial charge in [0, 0.05) is 11.8 Å². The van der Waals surface area contributed by atoms with Gasteiger partial charge in [0.15, 0.2) is 0 Å². The molecule has 0 bridgehead atoms. The monoisotopic (exact) mass is 258 g/mol. The van der Waals surface area contributed by atoms with Crippen molar-refractivity contribution in [3.63, 3.8) is 0 Å². The summed E-state index contributed by atoms with van der Waals surface area (Å²) in [5, 5.41) is 9.16. The number of pyridine rings is 1. The van der Waals surface area contributed by atoms with Crippen LogP contribution in [0.2, 0.25) is 5.02 Å². The van der Waals surface area contributed by atoms with E-state index in [1.807, 2.05) is 31.2 Å². The minimum atomic E-state index is 0.379. The highest BCUT2D eigenvalue weighted by molar-refractivity contribution is 6.31. The van der Waals surface area contributed by atoms with Gasteiger partial charge in [-0.25, -0.2) is 0 Å². The number of rotatable bonds is 3. The summed E-state index contributed by atoms with van der Waals surface area (Å²) in [6.07, 6.45) is 0. The van der Waals surface area contributed by atoms with E-state index < -0.39 is 0 Å². The van der Waals surface area contributed by atoms with E-state index in [0.29, 0.717) is 22.9 Å². The molecule has 0 fully saturated rings. The second-order valence-corrected chi connectivity index (χ2v) is 4.22. The lowest BCUT2D eigenvalue weighted by molar-refractivity contribution is 0.301. The van der Waals surface area contributed by atoms with Crippen molar-refractivity contribution in [2.45, 2.75) is 13.5 Å². The molecule has 0 amide bonds. The van der Waals surface area contributed by atoms with Gasteiger partial charge in [-0.05, 0) is 31.2 Å². The number of halogens is 1. The number of hydrogen-bond donors (Lipinski definition) is 0. The van der Waals surface area contributed by atoms with Gasteiger partial charge < -0.3 is 4.74 Å². The number of nitriles is 1. The van der Waals surface area contributed by atoms with Gasteiger partial charge in [-0.2, -0.15) is 5.26 Å². The van der Waals surface area contributed by atoms with E-state index in [4.69, 9.17) is 21.6 Å². The van der Waals surface area contributed by atoms with Crippen LogP contribution < -0.4 is 4.74 Å². The van der Waals surface area contributed by atoms with Crippen LogP contribution in [0.5, 0.6) is 5.75 Å². The zero-order chi connectivity index (χ0) is 13.0. The van der Waals surface area contributed by atoms with Crippen LogP contribution in [-0.2, 0) is 6.61 Å². The number of hydrogen-bond acceptors (Lipinski definition) is 3. The molecule has 1 aromatic heterocycles. The molecule has 0 N–H and O–H groups in total. The minimum absolute atomic E-state index is 0.379. The molecule has 0 unspecified atom stereocenters. The summed E-state index contributed by atoms with van der Waals surface area (Å²) in [6, 6.07) is 12.8. The summed E-state index contributed by atoms with van der Waals surface area (Å²) in [5.41, 5.74) is 2.25. The van der Waals surface area contributed by atoms with Crippen LogP contribution in [0.25, 0.3) is 0 Å². The maximum absolute atomic E-state index is 8.76. The smallest absolute Gasteiger partial charge is 0.130 e. The molecule has 90 valence electrons. The Bertz CT molecular complexity index is 605. The van der Waals surface area contributed by atoms with Gasteiger partial charge in [-0.1, -0.05) is 17.7 Å². The van der Waals surface area contributed by atoms with E-state index in [9.17, 15) is 0 Å². The van der Waals surface area contributed by atoms with Crippen molar-refractivity contribution in [3.05, 3.63) is 58.4 Å². The van der Waals surface area contributed by atoms with E-state index in [-0.39, 0.29) is 0 Å². The topological polar surface area (TPSA) is 45.9 Å². The third kappa shape index (κ3) is 2.99. The first-order chi connectivity index (χ1) is 8.69. The molecule has 0 radical (unpaired) electrons. The number of ether oxygens (including phenoxy) is 1. The van der Waals surface area contributed by atoms with Gasteiger partial charge in [0.2, 0.25) is 0 Å². The minimum Gasteiger partial charge on any atom is -0.487 e. The molecule has 0 saturated heterocycles. The molecular weight excluding hydrogens is 248 g/mol. The third-order valence-corrected chi connectivity index (χ3v) is 2.71. The van der Waals surface area contributed by atoms with Crippen LogP contribution in [0.4, 0.5) is 0 Å². The lowest BCUT2D eigenvalue weighted by Gasteiger charge is -2.07. The molecule has 2 rings (SSSR count). The van der Waals surface area contributed by atoms with E-state index in [1.165, 1.54) is 0 Å². The summed E-state index contributed by atoms with van der Waals surface area (Å²) in [7, 11) is 0. The summed E-state index contributed by atoms with van der Waals surface area (Å²) >= 11 is 5.92. The van der Waals surface area contributed by atoms with Crippen molar-refractivity contribution in [3.8, 4) is 11.8 Å². The Morgan fingerprint density at radius 1 is 1.33 bits per heavy atom. The molecule has 4 heteroatoms. The fourth-order valence-corrected chi connectivity index (χ4v) is 1.73. The second kappa shape index (κ2) is 5.52. The maximum Gasteiger partial charge on any atom is 0.130 e. The maximum atomic E-state index is 8.76. The number of nitrogens with zero attached hydrogens (tertiary/aromatic N) is 2. The average Bonchev–Trinajstić information content (AvgIpc) is 2.37. The Labute approximate surface area is 111 Å². The first-order valence-corrected chi connectivity index (χ1v) is 5.82. The Morgan fingerprint density at radius 3 is 2.83 bits per heavy atom. The molecule has 2 aromatic rings. The predicted octanol–water partition coefficient (Wildman–Crippen LogP) is 3.49. The standard InChI is InChI=1S/C14H11ClN2O/c1-10-3-2-4-12(17-10)9-18-13-6-5-11(8-16)14(15)7-13/h2-7H,9H2,1H3.